The Bertz CT molecular complexity index is 860. The highest BCUT2D eigenvalue weighted by Crippen LogP contribution is 2.16. The molecule has 0 spiro atoms. The molecule has 0 unspecified atom stereocenters. The molecule has 1 aliphatic heterocycles. The first kappa shape index (κ1) is 17.6. The van der Waals surface area contributed by atoms with Gasteiger partial charge >= 0.3 is 0 Å². The lowest BCUT2D eigenvalue weighted by Crippen LogP contribution is -2.27. The minimum absolute atomic E-state index is 0.0433. The number of hydrogen-bond donors (Lipinski definition) is 1. The van der Waals surface area contributed by atoms with E-state index >= 15 is 0 Å². The molecular formula is C18H19FN2O3S. The molecule has 0 aliphatic carbocycles. The van der Waals surface area contributed by atoms with Crippen molar-refractivity contribution >= 4 is 15.9 Å². The van der Waals surface area contributed by atoms with E-state index in [1.807, 2.05) is 0 Å². The Balaban J connectivity index is 1.70. The highest BCUT2D eigenvalue weighted by Gasteiger charge is 2.20. The second-order valence-electron chi connectivity index (χ2n) is 5.94. The number of hydrogen-bond acceptors (Lipinski definition) is 3. The lowest BCUT2D eigenvalue weighted by molar-refractivity contribution is 0.0792. The van der Waals surface area contributed by atoms with E-state index < -0.39 is 15.8 Å². The van der Waals surface area contributed by atoms with E-state index in [4.69, 9.17) is 0 Å². The summed E-state index contributed by atoms with van der Waals surface area (Å²) in [5.74, 6) is -0.544. The van der Waals surface area contributed by atoms with Crippen LogP contribution in [0.4, 0.5) is 4.39 Å². The summed E-state index contributed by atoms with van der Waals surface area (Å²) in [7, 11) is -3.78. The van der Waals surface area contributed by atoms with Crippen molar-refractivity contribution in [2.24, 2.45) is 0 Å². The van der Waals surface area contributed by atoms with Crippen LogP contribution in [0.1, 0.15) is 28.8 Å². The maximum absolute atomic E-state index is 13.6. The van der Waals surface area contributed by atoms with E-state index in [0.717, 1.165) is 25.9 Å². The van der Waals surface area contributed by atoms with Gasteiger partial charge in [0.1, 0.15) is 5.82 Å². The Morgan fingerprint density at radius 3 is 2.32 bits per heavy atom. The van der Waals surface area contributed by atoms with Crippen LogP contribution in [-0.2, 0) is 16.6 Å². The molecular weight excluding hydrogens is 343 g/mol. The lowest BCUT2D eigenvalue weighted by Gasteiger charge is -2.15. The molecule has 0 atom stereocenters. The number of likely N-dealkylation sites (tertiary alicyclic amines) is 1. The van der Waals surface area contributed by atoms with E-state index in [2.05, 4.69) is 4.72 Å². The zero-order valence-electron chi connectivity index (χ0n) is 13.6. The van der Waals surface area contributed by atoms with E-state index in [0.29, 0.717) is 5.56 Å². The quantitative estimate of drug-likeness (QED) is 0.889. The van der Waals surface area contributed by atoms with Crippen LogP contribution in [0.2, 0.25) is 0 Å². The van der Waals surface area contributed by atoms with Crippen LogP contribution >= 0.6 is 0 Å². The number of nitrogens with one attached hydrogen (secondary N) is 1. The van der Waals surface area contributed by atoms with Crippen molar-refractivity contribution < 1.29 is 17.6 Å². The Morgan fingerprint density at radius 2 is 1.68 bits per heavy atom. The minimum atomic E-state index is -3.78. The predicted octanol–water partition coefficient (Wildman–Crippen LogP) is 2.54. The summed E-state index contributed by atoms with van der Waals surface area (Å²) in [6.07, 6.45) is 2.00. The summed E-state index contributed by atoms with van der Waals surface area (Å²) in [5.41, 5.74) is 0.738. The summed E-state index contributed by atoms with van der Waals surface area (Å²) < 4.78 is 40.6. The Kier molecular flexibility index (Phi) is 5.15. The average Bonchev–Trinajstić information content (AvgIpc) is 3.15. The Morgan fingerprint density at radius 1 is 1.04 bits per heavy atom. The first-order valence-electron chi connectivity index (χ1n) is 8.10. The van der Waals surface area contributed by atoms with E-state index in [1.54, 1.807) is 17.0 Å². The molecule has 0 aromatic heterocycles. The molecule has 7 heteroatoms. The van der Waals surface area contributed by atoms with Crippen molar-refractivity contribution in [3.8, 4) is 0 Å². The van der Waals surface area contributed by atoms with Gasteiger partial charge in [0.15, 0.2) is 0 Å². The van der Waals surface area contributed by atoms with E-state index in [9.17, 15) is 17.6 Å². The summed E-state index contributed by atoms with van der Waals surface area (Å²) in [6.45, 7) is 1.34. The first-order valence-corrected chi connectivity index (χ1v) is 9.58. The van der Waals surface area contributed by atoms with Crippen LogP contribution in [-0.4, -0.2) is 32.3 Å². The van der Waals surface area contributed by atoms with Crippen molar-refractivity contribution in [2.45, 2.75) is 24.3 Å². The number of benzene rings is 2. The zero-order chi connectivity index (χ0) is 17.9. The van der Waals surface area contributed by atoms with Gasteiger partial charge in [0.25, 0.3) is 5.91 Å². The maximum Gasteiger partial charge on any atom is 0.253 e. The maximum atomic E-state index is 13.6. The summed E-state index contributed by atoms with van der Waals surface area (Å²) in [6, 6.07) is 11.8. The third-order valence-corrected chi connectivity index (χ3v) is 5.63. The normalized spacial score (nSPS) is 14.7. The molecule has 1 amide bonds. The number of sulfonamides is 1. The molecule has 1 saturated heterocycles. The number of nitrogens with zero attached hydrogens (tertiary/aromatic N) is 1. The standard InChI is InChI=1S/C18H19FN2O3S/c19-17-6-2-1-5-15(17)13-20-25(23,24)16-9-7-14(8-10-16)18(22)21-11-3-4-12-21/h1-2,5-10,20H,3-4,11-13H2. The Labute approximate surface area is 146 Å². The molecule has 1 aliphatic rings. The van der Waals surface area contributed by atoms with Crippen LogP contribution in [0.25, 0.3) is 0 Å². The van der Waals surface area contributed by atoms with Gasteiger partial charge < -0.3 is 4.90 Å². The molecule has 0 saturated carbocycles. The second kappa shape index (κ2) is 7.33. The summed E-state index contributed by atoms with van der Waals surface area (Å²) >= 11 is 0. The molecule has 0 bridgehead atoms. The lowest BCUT2D eigenvalue weighted by atomic mass is 10.2. The highest BCUT2D eigenvalue weighted by molar-refractivity contribution is 7.89. The predicted molar refractivity (Wildman–Crippen MR) is 92.0 cm³/mol. The third-order valence-electron chi connectivity index (χ3n) is 4.22. The van der Waals surface area contributed by atoms with Gasteiger partial charge in [-0.25, -0.2) is 17.5 Å². The van der Waals surface area contributed by atoms with Crippen molar-refractivity contribution in [2.75, 3.05) is 13.1 Å². The van der Waals surface area contributed by atoms with Gasteiger partial charge in [0.05, 0.1) is 4.90 Å². The molecule has 0 radical (unpaired) electrons. The highest BCUT2D eigenvalue weighted by atomic mass is 32.2. The number of amides is 1. The monoisotopic (exact) mass is 362 g/mol. The van der Waals surface area contributed by atoms with Crippen molar-refractivity contribution in [1.82, 2.24) is 9.62 Å². The summed E-state index contributed by atoms with van der Waals surface area (Å²) in [4.78, 5) is 14.1. The number of rotatable bonds is 5. The van der Waals surface area contributed by atoms with Gasteiger partial charge in [-0.05, 0) is 43.2 Å². The molecule has 132 valence electrons. The van der Waals surface area contributed by atoms with Gasteiger partial charge in [0.2, 0.25) is 10.0 Å². The largest absolute Gasteiger partial charge is 0.339 e. The topological polar surface area (TPSA) is 66.5 Å². The van der Waals surface area contributed by atoms with Crippen LogP contribution in [0.3, 0.4) is 0 Å². The molecule has 5 nitrogen and oxygen atoms in total. The first-order chi connectivity index (χ1) is 12.0. The third kappa shape index (κ3) is 4.05. The molecule has 1 fully saturated rings. The fraction of sp³-hybridized carbons (Fsp3) is 0.278. The van der Waals surface area contributed by atoms with Crippen molar-refractivity contribution in [3.63, 3.8) is 0 Å². The van der Waals surface area contributed by atoms with Gasteiger partial charge in [-0.3, -0.25) is 4.79 Å². The number of carbonyl (C=O) groups excluding carboxylic acids is 1. The molecule has 25 heavy (non-hydrogen) atoms. The number of carbonyl (C=O) groups is 1. The van der Waals surface area contributed by atoms with Crippen molar-refractivity contribution in [1.29, 1.82) is 0 Å². The molecule has 2 aromatic carbocycles. The fourth-order valence-corrected chi connectivity index (χ4v) is 3.78. The SMILES string of the molecule is O=C(c1ccc(S(=O)(=O)NCc2ccccc2F)cc1)N1CCCC1. The minimum Gasteiger partial charge on any atom is -0.339 e. The van der Waals surface area contributed by atoms with E-state index in [1.165, 1.54) is 36.4 Å². The van der Waals surface area contributed by atoms with E-state index in [-0.39, 0.29) is 22.9 Å². The average molecular weight is 362 g/mol. The second-order valence-corrected chi connectivity index (χ2v) is 7.71. The van der Waals surface area contributed by atoms with Gasteiger partial charge in [-0.2, -0.15) is 0 Å². The van der Waals surface area contributed by atoms with Gasteiger partial charge in [-0.15, -0.1) is 0 Å². The molecule has 3 rings (SSSR count). The zero-order valence-corrected chi connectivity index (χ0v) is 14.4. The molecule has 2 aromatic rings. The number of halogens is 1. The Hall–Kier alpha value is -2.25. The van der Waals surface area contributed by atoms with Gasteiger partial charge in [0, 0.05) is 30.8 Å². The van der Waals surface area contributed by atoms with Crippen LogP contribution in [0, 0.1) is 5.82 Å². The van der Waals surface area contributed by atoms with Crippen molar-refractivity contribution in [3.05, 3.63) is 65.5 Å². The molecule has 1 heterocycles. The summed E-state index contributed by atoms with van der Waals surface area (Å²) in [5, 5.41) is 0. The van der Waals surface area contributed by atoms with Crippen LogP contribution in [0.5, 0.6) is 0 Å². The van der Waals surface area contributed by atoms with Gasteiger partial charge in [-0.1, -0.05) is 18.2 Å². The van der Waals surface area contributed by atoms with Crippen LogP contribution in [0.15, 0.2) is 53.4 Å². The molecule has 1 N–H and O–H groups in total. The smallest absolute Gasteiger partial charge is 0.253 e. The van der Waals surface area contributed by atoms with Crippen LogP contribution < -0.4 is 4.72 Å². The fourth-order valence-electron chi connectivity index (χ4n) is 2.78.